The molecule has 0 unspecified atom stereocenters. The predicted octanol–water partition coefficient (Wildman–Crippen LogP) is 2.86. The van der Waals surface area contributed by atoms with Crippen LogP contribution in [0, 0.1) is 0 Å². The Morgan fingerprint density at radius 3 is 2.37 bits per heavy atom. The fourth-order valence-corrected chi connectivity index (χ4v) is 2.71. The first-order chi connectivity index (χ1) is 13.3. The van der Waals surface area contributed by atoms with Crippen LogP contribution < -0.4 is 5.49 Å². The summed E-state index contributed by atoms with van der Waals surface area (Å²) in [5.41, 5.74) is 2.74. The first-order valence-electron chi connectivity index (χ1n) is 8.56. The van der Waals surface area contributed by atoms with Crippen LogP contribution in [0.2, 0.25) is 0 Å². The average Bonchev–Trinajstić information content (AvgIpc) is 3.21. The van der Waals surface area contributed by atoms with Gasteiger partial charge in [-0.3, -0.25) is 4.79 Å². The summed E-state index contributed by atoms with van der Waals surface area (Å²) < 4.78 is 3.49. The molecule has 0 fully saturated rings. The maximum atomic E-state index is 12.6. The van der Waals surface area contributed by atoms with Crippen LogP contribution in [0.15, 0.2) is 96.2 Å². The third kappa shape index (κ3) is 3.90. The number of amides is 1. The minimum Gasteiger partial charge on any atom is -0.328 e. The lowest BCUT2D eigenvalue weighted by Gasteiger charge is -2.06. The van der Waals surface area contributed by atoms with Crippen molar-refractivity contribution in [1.82, 2.24) is 19.6 Å². The highest BCUT2D eigenvalue weighted by Gasteiger charge is 2.10. The molecule has 0 aliphatic heterocycles. The van der Waals surface area contributed by atoms with Gasteiger partial charge in [-0.25, -0.2) is 4.68 Å². The molecule has 6 nitrogen and oxygen atoms in total. The molecule has 2 aromatic heterocycles. The van der Waals surface area contributed by atoms with Gasteiger partial charge in [-0.1, -0.05) is 59.8 Å². The van der Waals surface area contributed by atoms with Crippen molar-refractivity contribution < 1.29 is 4.79 Å². The van der Waals surface area contributed by atoms with E-state index in [1.807, 2.05) is 89.6 Å². The van der Waals surface area contributed by atoms with Gasteiger partial charge in [-0.05, 0) is 29.8 Å². The summed E-state index contributed by atoms with van der Waals surface area (Å²) >= 11 is 0. The lowest BCUT2D eigenvalue weighted by atomic mass is 10.2. The molecule has 4 aromatic rings. The van der Waals surface area contributed by atoms with E-state index in [4.69, 9.17) is 0 Å². The molecule has 0 saturated carbocycles. The first kappa shape index (κ1) is 16.7. The van der Waals surface area contributed by atoms with E-state index >= 15 is 0 Å². The van der Waals surface area contributed by atoms with Crippen LogP contribution in [0.3, 0.4) is 0 Å². The van der Waals surface area contributed by atoms with E-state index in [-0.39, 0.29) is 5.69 Å². The van der Waals surface area contributed by atoms with Crippen LogP contribution in [0.1, 0.15) is 16.1 Å². The number of hydrogen-bond acceptors (Lipinski definition) is 3. The molecule has 2 heterocycles. The molecule has 0 radical (unpaired) electrons. The molecule has 0 atom stereocenters. The lowest BCUT2D eigenvalue weighted by Crippen LogP contribution is -2.22. The fourth-order valence-electron chi connectivity index (χ4n) is 2.71. The van der Waals surface area contributed by atoms with Crippen molar-refractivity contribution >= 4 is 5.91 Å². The summed E-state index contributed by atoms with van der Waals surface area (Å²) in [7, 11) is 0. The number of pyridine rings is 1. The van der Waals surface area contributed by atoms with Gasteiger partial charge in [0.25, 0.3) is 0 Å². The molecule has 0 bridgehead atoms. The van der Waals surface area contributed by atoms with Gasteiger partial charge in [0.05, 0.1) is 11.9 Å². The number of benzene rings is 2. The first-order valence-corrected chi connectivity index (χ1v) is 8.56. The summed E-state index contributed by atoms with van der Waals surface area (Å²) in [6.45, 7) is 0.629. The van der Waals surface area contributed by atoms with E-state index in [1.165, 1.54) is 0 Å². The van der Waals surface area contributed by atoms with Gasteiger partial charge in [0.2, 0.25) is 0 Å². The van der Waals surface area contributed by atoms with Crippen LogP contribution >= 0.6 is 0 Å². The topological polar surface area (TPSA) is 65.1 Å². The monoisotopic (exact) mass is 355 g/mol. The molecule has 0 N–H and O–H groups in total. The zero-order valence-electron chi connectivity index (χ0n) is 14.5. The highest BCUT2D eigenvalue weighted by atomic mass is 16.1. The van der Waals surface area contributed by atoms with Crippen LogP contribution in [0.25, 0.3) is 5.69 Å². The molecule has 2 aromatic carbocycles. The molecule has 27 heavy (non-hydrogen) atoms. The smallest absolute Gasteiger partial charge is 0.301 e. The number of para-hydroxylation sites is 1. The Labute approximate surface area is 156 Å². The van der Waals surface area contributed by atoms with Crippen molar-refractivity contribution in [3.05, 3.63) is 108 Å². The number of nitrogens with zero attached hydrogens (tertiary/aromatic N) is 5. The Hall–Kier alpha value is -3.80. The van der Waals surface area contributed by atoms with Crippen molar-refractivity contribution in [1.29, 1.82) is 0 Å². The Morgan fingerprint density at radius 1 is 0.889 bits per heavy atom. The van der Waals surface area contributed by atoms with E-state index in [9.17, 15) is 4.79 Å². The normalized spacial score (nSPS) is 11.5. The Morgan fingerprint density at radius 2 is 1.59 bits per heavy atom. The van der Waals surface area contributed by atoms with Crippen LogP contribution in [0.4, 0.5) is 0 Å². The quantitative estimate of drug-likeness (QED) is 0.565. The van der Waals surface area contributed by atoms with Gasteiger partial charge in [0.15, 0.2) is 5.69 Å². The van der Waals surface area contributed by atoms with Crippen LogP contribution in [-0.4, -0.2) is 25.5 Å². The fraction of sp³-hybridized carbons (Fsp3) is 0.0476. The Kier molecular flexibility index (Phi) is 4.70. The van der Waals surface area contributed by atoms with Crippen molar-refractivity contribution in [3.8, 4) is 5.69 Å². The molecule has 6 heteroatoms. The molecule has 0 aliphatic carbocycles. The summed E-state index contributed by atoms with van der Waals surface area (Å²) in [5.74, 6) is -0.426. The summed E-state index contributed by atoms with van der Waals surface area (Å²) in [5, 5.41) is 7.98. The number of carbonyl (C=O) groups is 1. The second kappa shape index (κ2) is 7.61. The second-order valence-corrected chi connectivity index (χ2v) is 5.97. The number of aromatic nitrogens is 4. The summed E-state index contributed by atoms with van der Waals surface area (Å²) in [4.78, 5) is 16.8. The molecule has 0 saturated heterocycles. The lowest BCUT2D eigenvalue weighted by molar-refractivity contribution is 0.0992. The van der Waals surface area contributed by atoms with Gasteiger partial charge in [-0.2, -0.15) is 4.99 Å². The van der Waals surface area contributed by atoms with Crippen molar-refractivity contribution in [3.63, 3.8) is 0 Å². The third-order valence-corrected chi connectivity index (χ3v) is 4.06. The molecule has 0 aliphatic rings. The van der Waals surface area contributed by atoms with E-state index < -0.39 is 5.91 Å². The van der Waals surface area contributed by atoms with Gasteiger partial charge < -0.3 is 4.57 Å². The van der Waals surface area contributed by atoms with Gasteiger partial charge >= 0.3 is 5.91 Å². The van der Waals surface area contributed by atoms with Crippen molar-refractivity contribution in [2.24, 2.45) is 4.99 Å². The maximum Gasteiger partial charge on any atom is 0.301 e. The SMILES string of the molecule is O=C(N=c1ccccn1Cc1ccccc1)c1cn(-c2ccccc2)nn1. The van der Waals surface area contributed by atoms with E-state index in [2.05, 4.69) is 15.3 Å². The van der Waals surface area contributed by atoms with E-state index in [0.29, 0.717) is 12.0 Å². The minimum absolute atomic E-state index is 0.203. The predicted molar refractivity (Wildman–Crippen MR) is 101 cm³/mol. The molecule has 0 spiro atoms. The largest absolute Gasteiger partial charge is 0.328 e. The standard InChI is InChI=1S/C21H17N5O/c27-21(19-16-26(24-23-19)18-11-5-2-6-12-18)22-20-13-7-8-14-25(20)15-17-9-3-1-4-10-17/h1-14,16H,15H2. The average molecular weight is 355 g/mol. The molecular formula is C21H17N5O. The maximum absolute atomic E-state index is 12.6. The highest BCUT2D eigenvalue weighted by Crippen LogP contribution is 2.06. The van der Waals surface area contributed by atoms with Crippen molar-refractivity contribution in [2.45, 2.75) is 6.54 Å². The van der Waals surface area contributed by atoms with Gasteiger partial charge in [0.1, 0.15) is 5.49 Å². The zero-order chi connectivity index (χ0) is 18.5. The number of hydrogen-bond donors (Lipinski definition) is 0. The highest BCUT2D eigenvalue weighted by molar-refractivity contribution is 5.92. The van der Waals surface area contributed by atoms with Gasteiger partial charge in [0, 0.05) is 12.7 Å². The molecule has 1 amide bonds. The van der Waals surface area contributed by atoms with E-state index in [0.717, 1.165) is 11.3 Å². The second-order valence-electron chi connectivity index (χ2n) is 5.97. The number of rotatable bonds is 4. The molecular weight excluding hydrogens is 338 g/mol. The molecule has 4 rings (SSSR count). The Balaban J connectivity index is 1.63. The third-order valence-electron chi connectivity index (χ3n) is 4.06. The summed E-state index contributed by atoms with van der Waals surface area (Å²) in [6.07, 6.45) is 3.49. The van der Waals surface area contributed by atoms with Crippen LogP contribution in [-0.2, 0) is 6.54 Å². The minimum atomic E-state index is -0.426. The van der Waals surface area contributed by atoms with E-state index in [1.54, 1.807) is 10.9 Å². The number of carbonyl (C=O) groups excluding carboxylic acids is 1. The van der Waals surface area contributed by atoms with Crippen LogP contribution in [0.5, 0.6) is 0 Å². The van der Waals surface area contributed by atoms with Gasteiger partial charge in [-0.15, -0.1) is 5.10 Å². The summed E-state index contributed by atoms with van der Waals surface area (Å²) in [6, 6.07) is 25.1. The zero-order valence-corrected chi connectivity index (χ0v) is 14.5. The molecule has 132 valence electrons. The van der Waals surface area contributed by atoms with Crippen molar-refractivity contribution in [2.75, 3.05) is 0 Å². The Bertz CT molecular complexity index is 1110.